The Balaban J connectivity index is 1.22. The van der Waals surface area contributed by atoms with E-state index in [-0.39, 0.29) is 35.7 Å². The number of anilines is 2. The number of hydrogen-bond donors (Lipinski definition) is 3. The van der Waals surface area contributed by atoms with Crippen LogP contribution in [0.2, 0.25) is 0 Å². The zero-order chi connectivity index (χ0) is 24.8. The monoisotopic (exact) mass is 511 g/mol. The van der Waals surface area contributed by atoms with Crippen LogP contribution in [0.15, 0.2) is 6.33 Å². The van der Waals surface area contributed by atoms with Crippen molar-refractivity contribution in [3.05, 3.63) is 22.3 Å². The summed E-state index contributed by atoms with van der Waals surface area (Å²) in [4.78, 5) is 40.7. The van der Waals surface area contributed by atoms with E-state index in [1.165, 1.54) is 17.7 Å². The molecule has 36 heavy (non-hydrogen) atoms. The molecule has 0 aromatic carbocycles. The maximum Gasteiger partial charge on any atom is 0.254 e. The highest BCUT2D eigenvalue weighted by Crippen LogP contribution is 2.42. The third-order valence-electron chi connectivity index (χ3n) is 7.83. The van der Waals surface area contributed by atoms with Gasteiger partial charge in [0.05, 0.1) is 5.56 Å². The second-order valence-corrected chi connectivity index (χ2v) is 11.8. The minimum absolute atomic E-state index is 0.0304. The minimum atomic E-state index is -0.0801. The molecule has 3 amide bonds. The molecule has 0 bridgehead atoms. The molecule has 4 aliphatic rings. The van der Waals surface area contributed by atoms with Gasteiger partial charge in [-0.05, 0) is 62.8 Å². The fourth-order valence-electron chi connectivity index (χ4n) is 5.30. The van der Waals surface area contributed by atoms with Gasteiger partial charge in [0.2, 0.25) is 17.8 Å². The lowest BCUT2D eigenvalue weighted by molar-refractivity contribution is -0.127. The number of hydrogen-bond acceptors (Lipinski definition) is 7. The van der Waals surface area contributed by atoms with Gasteiger partial charge in [0, 0.05) is 49.4 Å². The van der Waals surface area contributed by atoms with Crippen molar-refractivity contribution in [1.82, 2.24) is 25.0 Å². The molecule has 1 saturated heterocycles. The van der Waals surface area contributed by atoms with E-state index in [9.17, 15) is 14.4 Å². The normalized spacial score (nSPS) is 23.3. The fraction of sp³-hybridized carbons (Fsp3) is 0.640. The number of thiophene rings is 1. The molecule has 2 aromatic heterocycles. The Morgan fingerprint density at radius 3 is 2.69 bits per heavy atom. The molecule has 3 heterocycles. The van der Waals surface area contributed by atoms with Crippen molar-refractivity contribution in [3.63, 3.8) is 0 Å². The number of likely N-dealkylation sites (tertiary alicyclic amines) is 1. The summed E-state index contributed by atoms with van der Waals surface area (Å²) in [6, 6.07) is 0.252. The third-order valence-corrected chi connectivity index (χ3v) is 9.04. The minimum Gasteiger partial charge on any atom is -0.352 e. The molecule has 192 valence electrons. The van der Waals surface area contributed by atoms with Crippen LogP contribution >= 0.6 is 11.3 Å². The van der Waals surface area contributed by atoms with Crippen molar-refractivity contribution in [2.24, 2.45) is 11.8 Å². The predicted octanol–water partition coefficient (Wildman–Crippen LogP) is 2.59. The lowest BCUT2D eigenvalue weighted by Gasteiger charge is -2.26. The summed E-state index contributed by atoms with van der Waals surface area (Å²) in [5.41, 5.74) is 1.68. The van der Waals surface area contributed by atoms with Crippen LogP contribution in [-0.2, 0) is 22.4 Å². The summed E-state index contributed by atoms with van der Waals surface area (Å²) in [5, 5.41) is 18.9. The maximum absolute atomic E-state index is 13.3. The summed E-state index contributed by atoms with van der Waals surface area (Å²) in [6.45, 7) is 3.71. The van der Waals surface area contributed by atoms with Crippen LogP contribution in [0, 0.1) is 11.8 Å². The molecule has 3 aliphatic carbocycles. The lowest BCUT2D eigenvalue weighted by Crippen LogP contribution is -2.31. The quantitative estimate of drug-likeness (QED) is 0.501. The molecule has 3 fully saturated rings. The Morgan fingerprint density at radius 1 is 1.14 bits per heavy atom. The van der Waals surface area contributed by atoms with Gasteiger partial charge in [0.25, 0.3) is 5.91 Å². The maximum atomic E-state index is 13.3. The van der Waals surface area contributed by atoms with Gasteiger partial charge in [-0.3, -0.25) is 19.0 Å². The molecular formula is C25H33N7O3S. The first-order valence-electron chi connectivity index (χ1n) is 13.1. The molecule has 0 unspecified atom stereocenters. The summed E-state index contributed by atoms with van der Waals surface area (Å²) in [7, 11) is 0. The first kappa shape index (κ1) is 23.4. The third kappa shape index (κ3) is 4.85. The summed E-state index contributed by atoms with van der Waals surface area (Å²) < 4.78 is 2.07. The zero-order valence-electron chi connectivity index (χ0n) is 20.6. The van der Waals surface area contributed by atoms with E-state index in [1.807, 2.05) is 4.90 Å². The highest BCUT2D eigenvalue weighted by atomic mass is 32.1. The fourth-order valence-corrected chi connectivity index (χ4v) is 6.54. The number of carbonyl (C=O) groups excluding carboxylic acids is 3. The Bertz CT molecular complexity index is 1180. The molecule has 0 radical (unpaired) electrons. The van der Waals surface area contributed by atoms with Crippen molar-refractivity contribution in [1.29, 1.82) is 0 Å². The molecular weight excluding hydrogens is 478 g/mol. The van der Waals surface area contributed by atoms with Gasteiger partial charge in [-0.15, -0.1) is 21.5 Å². The van der Waals surface area contributed by atoms with Gasteiger partial charge in [-0.2, -0.15) is 0 Å². The molecule has 2 saturated carbocycles. The highest BCUT2D eigenvalue weighted by molar-refractivity contribution is 7.17. The van der Waals surface area contributed by atoms with Gasteiger partial charge in [0.1, 0.15) is 11.3 Å². The van der Waals surface area contributed by atoms with Gasteiger partial charge >= 0.3 is 0 Å². The van der Waals surface area contributed by atoms with Crippen molar-refractivity contribution in [2.75, 3.05) is 30.3 Å². The van der Waals surface area contributed by atoms with E-state index in [2.05, 4.69) is 30.7 Å². The second-order valence-electron chi connectivity index (χ2n) is 10.7. The molecule has 6 rings (SSSR count). The van der Waals surface area contributed by atoms with Gasteiger partial charge in [-0.25, -0.2) is 0 Å². The number of aryl methyl sites for hydroxylation is 1. The predicted molar refractivity (Wildman–Crippen MR) is 136 cm³/mol. The number of nitrogens with one attached hydrogen (secondary N) is 3. The smallest absolute Gasteiger partial charge is 0.254 e. The van der Waals surface area contributed by atoms with E-state index in [0.29, 0.717) is 41.9 Å². The summed E-state index contributed by atoms with van der Waals surface area (Å²) in [6.07, 6.45) is 9.26. The van der Waals surface area contributed by atoms with Crippen molar-refractivity contribution >= 4 is 40.0 Å². The zero-order valence-corrected chi connectivity index (χ0v) is 21.4. The van der Waals surface area contributed by atoms with Crippen LogP contribution in [0.3, 0.4) is 0 Å². The average Bonchev–Trinajstić information content (AvgIpc) is 3.76. The van der Waals surface area contributed by atoms with Crippen molar-refractivity contribution in [2.45, 2.75) is 70.4 Å². The molecule has 0 spiro atoms. The van der Waals surface area contributed by atoms with Crippen LogP contribution < -0.4 is 16.0 Å². The Morgan fingerprint density at radius 2 is 1.97 bits per heavy atom. The molecule has 11 heteroatoms. The second kappa shape index (κ2) is 9.49. The highest BCUT2D eigenvalue weighted by Gasteiger charge is 2.35. The molecule has 10 nitrogen and oxygen atoms in total. The topological polar surface area (TPSA) is 121 Å². The van der Waals surface area contributed by atoms with Gasteiger partial charge < -0.3 is 20.9 Å². The van der Waals surface area contributed by atoms with Gasteiger partial charge in [0.15, 0.2) is 0 Å². The molecule has 1 aliphatic heterocycles. The number of carbonyl (C=O) groups is 3. The van der Waals surface area contributed by atoms with E-state index in [1.54, 1.807) is 24.6 Å². The number of nitrogens with zero attached hydrogens (tertiary/aromatic N) is 4. The van der Waals surface area contributed by atoms with E-state index >= 15 is 0 Å². The van der Waals surface area contributed by atoms with Crippen molar-refractivity contribution in [3.8, 4) is 0 Å². The number of fused-ring (bicyclic) bond motifs is 1. The molecule has 2 atom stereocenters. The Kier molecular flexibility index (Phi) is 6.18. The largest absolute Gasteiger partial charge is 0.352 e. The van der Waals surface area contributed by atoms with Crippen LogP contribution in [0.5, 0.6) is 0 Å². The lowest BCUT2D eigenvalue weighted by atomic mass is 9.91. The van der Waals surface area contributed by atoms with Crippen LogP contribution in [0.1, 0.15) is 72.3 Å². The molecule has 2 aromatic rings. The number of aromatic nitrogens is 3. The Hall–Kier alpha value is -2.95. The molecule has 3 N–H and O–H groups in total. The van der Waals surface area contributed by atoms with Crippen LogP contribution in [-0.4, -0.2) is 63.1 Å². The first-order valence-corrected chi connectivity index (χ1v) is 13.9. The van der Waals surface area contributed by atoms with E-state index < -0.39 is 0 Å². The number of amides is 3. The standard InChI is InChI=1S/C25H33N7O3S/c1-14(33)31-9-8-17(12-31)28-25-30-27-13-32(25)18-6-7-20-19(10-18)21(23(35)26-11-15-2-3-15)24(36-20)29-22(34)16-4-5-16/h13,15-18H,2-12H2,1H3,(H,26,35)(H,28,30)(H,29,34)/t17-,18-/m0/s1. The number of rotatable bonds is 8. The van der Waals surface area contributed by atoms with Crippen LogP contribution in [0.25, 0.3) is 0 Å². The van der Waals surface area contributed by atoms with E-state index in [0.717, 1.165) is 44.2 Å². The van der Waals surface area contributed by atoms with E-state index in [4.69, 9.17) is 0 Å². The van der Waals surface area contributed by atoms with Gasteiger partial charge in [-0.1, -0.05) is 0 Å². The summed E-state index contributed by atoms with van der Waals surface area (Å²) in [5.74, 6) is 1.41. The SMILES string of the molecule is CC(=O)N1CC[C@H](Nc2nncn2[C@H]2CCc3sc(NC(=O)C4CC4)c(C(=O)NCC4CC4)c3C2)C1. The Labute approximate surface area is 214 Å². The average molecular weight is 512 g/mol. The van der Waals surface area contributed by atoms with Crippen LogP contribution in [0.4, 0.5) is 10.9 Å². The van der Waals surface area contributed by atoms with Crippen molar-refractivity contribution < 1.29 is 14.4 Å². The first-order chi connectivity index (χ1) is 17.5. The summed E-state index contributed by atoms with van der Waals surface area (Å²) >= 11 is 1.56.